The average molecular weight is 459 g/mol. The summed E-state index contributed by atoms with van der Waals surface area (Å²) in [4.78, 5) is 28.3. The first kappa shape index (κ1) is 24.1. The van der Waals surface area contributed by atoms with Crippen molar-refractivity contribution >= 4 is 35.7 Å². The van der Waals surface area contributed by atoms with Crippen molar-refractivity contribution < 1.29 is 19.3 Å². The Labute approximate surface area is 187 Å². The van der Waals surface area contributed by atoms with Gasteiger partial charge in [0.15, 0.2) is 5.60 Å². The third-order valence-electron chi connectivity index (χ3n) is 4.14. The zero-order valence-electron chi connectivity index (χ0n) is 16.4. The molecule has 0 atom stereocenters. The minimum atomic E-state index is -3.11. The Kier molecular flexibility index (Phi) is 8.59. The van der Waals surface area contributed by atoms with Crippen LogP contribution >= 0.6 is 17.9 Å². The maximum Gasteiger partial charge on any atom is 0.334 e. The Bertz CT molecular complexity index is 914. The first-order chi connectivity index (χ1) is 14.1. The van der Waals surface area contributed by atoms with Crippen LogP contribution in [0.3, 0.4) is 0 Å². The molecule has 0 aliphatic carbocycles. The first-order valence-corrected chi connectivity index (χ1v) is 12.8. The summed E-state index contributed by atoms with van der Waals surface area (Å²) in [6.07, 6.45) is 0. The molecule has 0 spiro atoms. The summed E-state index contributed by atoms with van der Waals surface area (Å²) in [6, 6.07) is 29.4. The lowest BCUT2D eigenvalue weighted by Gasteiger charge is -2.35. The van der Waals surface area contributed by atoms with Crippen LogP contribution in [0.4, 0.5) is 0 Å². The van der Waals surface area contributed by atoms with E-state index >= 15 is 0 Å². The molecule has 0 aromatic heterocycles. The molecule has 0 saturated heterocycles. The fourth-order valence-corrected chi connectivity index (χ4v) is 2.92. The standard InChI is InChI=1S/C23H20O2.H3O2PS2/c1-18(2)22(24)25-23(19-12-6-3-7-13-19,20-14-8-4-9-15-20)21-16-10-5-11-17-21;1-3(2,4)5/h3-17H,1H2,2H3;(H3,1,2,4,5). The quantitative estimate of drug-likeness (QED) is 0.161. The summed E-state index contributed by atoms with van der Waals surface area (Å²) in [6.45, 7) is 5.41. The van der Waals surface area contributed by atoms with E-state index in [9.17, 15) is 4.79 Å². The van der Waals surface area contributed by atoms with Gasteiger partial charge in [-0.25, -0.2) is 4.79 Å². The summed E-state index contributed by atoms with van der Waals surface area (Å²) < 4.78 is 6.12. The lowest BCUT2D eigenvalue weighted by atomic mass is 9.80. The van der Waals surface area contributed by atoms with Crippen LogP contribution in [0.1, 0.15) is 23.6 Å². The van der Waals surface area contributed by atoms with Crippen molar-refractivity contribution in [1.82, 2.24) is 0 Å². The van der Waals surface area contributed by atoms with Crippen molar-refractivity contribution in [3.05, 3.63) is 120 Å². The van der Waals surface area contributed by atoms with E-state index < -0.39 is 17.3 Å². The fraction of sp³-hybridized carbons (Fsp3) is 0.0870. The van der Waals surface area contributed by atoms with Crippen LogP contribution in [0.25, 0.3) is 0 Å². The van der Waals surface area contributed by atoms with Crippen LogP contribution < -0.4 is 0 Å². The third kappa shape index (κ3) is 6.66. The Morgan fingerprint density at radius 2 is 1.13 bits per heavy atom. The molecule has 0 fully saturated rings. The minimum absolute atomic E-state index is 0.368. The third-order valence-corrected chi connectivity index (χ3v) is 4.14. The van der Waals surface area contributed by atoms with Crippen molar-refractivity contribution in [1.29, 1.82) is 0 Å². The van der Waals surface area contributed by atoms with Gasteiger partial charge in [-0.05, 0) is 18.7 Å². The van der Waals surface area contributed by atoms with Gasteiger partial charge in [0.05, 0.1) is 0 Å². The lowest BCUT2D eigenvalue weighted by Crippen LogP contribution is -2.35. The largest absolute Gasteiger partial charge is 0.441 e. The molecule has 7 heteroatoms. The molecule has 3 aromatic rings. The van der Waals surface area contributed by atoms with Gasteiger partial charge in [0, 0.05) is 22.3 Å². The number of benzene rings is 3. The van der Waals surface area contributed by atoms with Gasteiger partial charge in [-0.1, -0.05) is 110 Å². The summed E-state index contributed by atoms with van der Waals surface area (Å²) >= 11 is 7.07. The number of carbonyl (C=O) groups is 1. The number of esters is 1. The van der Waals surface area contributed by atoms with E-state index in [0.717, 1.165) is 16.7 Å². The normalized spacial score (nSPS) is 11.1. The van der Waals surface area contributed by atoms with Gasteiger partial charge < -0.3 is 14.5 Å². The molecular formula is C23H23O4PS2. The second kappa shape index (κ2) is 10.7. The smallest absolute Gasteiger partial charge is 0.334 e. The van der Waals surface area contributed by atoms with Crippen LogP contribution in [0.5, 0.6) is 0 Å². The molecule has 0 aliphatic rings. The van der Waals surface area contributed by atoms with Crippen molar-refractivity contribution in [2.75, 3.05) is 0 Å². The highest BCUT2D eigenvalue weighted by atomic mass is 32.9. The Hall–Kier alpha value is -2.21. The number of thiol groups is 1. The number of hydrogen-bond donors (Lipinski definition) is 3. The fourth-order valence-electron chi connectivity index (χ4n) is 2.92. The Balaban J connectivity index is 0.000000575. The lowest BCUT2D eigenvalue weighted by molar-refractivity contribution is -0.148. The van der Waals surface area contributed by atoms with E-state index in [1.54, 1.807) is 6.92 Å². The van der Waals surface area contributed by atoms with E-state index in [1.165, 1.54) is 0 Å². The van der Waals surface area contributed by atoms with Gasteiger partial charge in [-0.15, -0.1) is 0 Å². The molecule has 0 unspecified atom stereocenters. The van der Waals surface area contributed by atoms with E-state index in [2.05, 4.69) is 30.6 Å². The molecule has 0 bridgehead atoms. The van der Waals surface area contributed by atoms with E-state index in [0.29, 0.717) is 5.57 Å². The van der Waals surface area contributed by atoms with Crippen molar-refractivity contribution in [2.24, 2.45) is 0 Å². The van der Waals surface area contributed by atoms with E-state index in [1.807, 2.05) is 91.0 Å². The maximum absolute atomic E-state index is 12.6. The molecule has 3 aromatic carbocycles. The summed E-state index contributed by atoms with van der Waals surface area (Å²) in [5, 5.41) is 0. The summed E-state index contributed by atoms with van der Waals surface area (Å²) in [5.74, 6) is -0.420. The van der Waals surface area contributed by atoms with E-state index in [4.69, 9.17) is 14.5 Å². The van der Waals surface area contributed by atoms with Gasteiger partial charge in [0.25, 0.3) is 0 Å². The van der Waals surface area contributed by atoms with Crippen molar-refractivity contribution in [2.45, 2.75) is 12.5 Å². The molecule has 0 amide bonds. The zero-order chi connectivity index (χ0) is 22.2. The highest BCUT2D eigenvalue weighted by Crippen LogP contribution is 2.41. The molecular weight excluding hydrogens is 435 g/mol. The second-order valence-electron chi connectivity index (χ2n) is 6.46. The van der Waals surface area contributed by atoms with Crippen LogP contribution in [-0.4, -0.2) is 15.8 Å². The SMILES string of the molecule is C=C(C)C(=O)OC(c1ccccc1)(c1ccccc1)c1ccccc1.OP(O)(=S)S. The van der Waals surface area contributed by atoms with Crippen LogP contribution in [0.2, 0.25) is 0 Å². The number of hydrogen-bond acceptors (Lipinski definition) is 3. The topological polar surface area (TPSA) is 66.8 Å². The molecule has 2 N–H and O–H groups in total. The molecule has 0 heterocycles. The minimum Gasteiger partial charge on any atom is -0.441 e. The molecule has 3 rings (SSSR count). The molecule has 4 nitrogen and oxygen atoms in total. The van der Waals surface area contributed by atoms with Gasteiger partial charge in [0.1, 0.15) is 0 Å². The number of rotatable bonds is 5. The molecule has 0 radical (unpaired) electrons. The zero-order valence-corrected chi connectivity index (χ0v) is 19.0. The van der Waals surface area contributed by atoms with Crippen molar-refractivity contribution in [3.8, 4) is 0 Å². The Morgan fingerprint density at radius 3 is 1.37 bits per heavy atom. The van der Waals surface area contributed by atoms with Crippen LogP contribution in [0, 0.1) is 0 Å². The summed E-state index contributed by atoms with van der Waals surface area (Å²) in [7, 11) is 0. The summed E-state index contributed by atoms with van der Waals surface area (Å²) in [5.41, 5.74) is -1.10. The predicted molar refractivity (Wildman–Crippen MR) is 128 cm³/mol. The maximum atomic E-state index is 12.6. The van der Waals surface area contributed by atoms with Gasteiger partial charge in [-0.3, -0.25) is 0 Å². The van der Waals surface area contributed by atoms with E-state index in [-0.39, 0.29) is 0 Å². The van der Waals surface area contributed by atoms with Gasteiger partial charge in [0.2, 0.25) is 5.69 Å². The molecule has 0 aliphatic heterocycles. The first-order valence-electron chi connectivity index (χ1n) is 8.98. The molecule has 0 saturated carbocycles. The van der Waals surface area contributed by atoms with Gasteiger partial charge >= 0.3 is 5.97 Å². The average Bonchev–Trinajstić information content (AvgIpc) is 2.72. The molecule has 30 heavy (non-hydrogen) atoms. The monoisotopic (exact) mass is 458 g/mol. The highest BCUT2D eigenvalue weighted by molar-refractivity contribution is 8.59. The van der Waals surface area contributed by atoms with Gasteiger partial charge in [-0.2, -0.15) is 0 Å². The number of ether oxygens (including phenoxy) is 1. The van der Waals surface area contributed by atoms with Crippen molar-refractivity contribution in [3.63, 3.8) is 0 Å². The molecule has 156 valence electrons. The van der Waals surface area contributed by atoms with Crippen LogP contribution in [0.15, 0.2) is 103 Å². The second-order valence-corrected chi connectivity index (χ2v) is 11.5. The number of carbonyl (C=O) groups excluding carboxylic acids is 1. The Morgan fingerprint density at radius 1 is 0.867 bits per heavy atom. The van der Waals surface area contributed by atoms with Crippen LogP contribution in [-0.2, 0) is 26.9 Å². The predicted octanol–water partition coefficient (Wildman–Crippen LogP) is 5.22. The highest BCUT2D eigenvalue weighted by Gasteiger charge is 2.40.